The van der Waals surface area contributed by atoms with Crippen molar-refractivity contribution in [2.75, 3.05) is 32.1 Å². The second-order valence-corrected chi connectivity index (χ2v) is 6.37. The molecule has 1 aliphatic heterocycles. The van der Waals surface area contributed by atoms with Crippen molar-refractivity contribution in [3.63, 3.8) is 0 Å². The van der Waals surface area contributed by atoms with Gasteiger partial charge in [-0.3, -0.25) is 0 Å². The van der Waals surface area contributed by atoms with Crippen molar-refractivity contribution in [1.82, 2.24) is 0 Å². The molecule has 0 radical (unpaired) electrons. The molecule has 1 fully saturated rings. The van der Waals surface area contributed by atoms with E-state index in [1.807, 2.05) is 30.0 Å². The summed E-state index contributed by atoms with van der Waals surface area (Å²) in [6.07, 6.45) is 0.875. The van der Waals surface area contributed by atoms with Crippen LogP contribution in [0.15, 0.2) is 30.3 Å². The Kier molecular flexibility index (Phi) is 4.13. The van der Waals surface area contributed by atoms with Crippen LogP contribution in [-0.2, 0) is 5.60 Å². The summed E-state index contributed by atoms with van der Waals surface area (Å²) in [5, 5.41) is 11.0. The summed E-state index contributed by atoms with van der Waals surface area (Å²) in [6, 6.07) is 10.2. The van der Waals surface area contributed by atoms with E-state index in [9.17, 15) is 5.11 Å². The molecule has 1 heterocycles. The summed E-state index contributed by atoms with van der Waals surface area (Å²) in [6.45, 7) is 1.03. The van der Waals surface area contributed by atoms with E-state index >= 15 is 0 Å². The Bertz CT molecular complexity index is 354. The Balaban J connectivity index is 2.25. The van der Waals surface area contributed by atoms with E-state index in [1.165, 1.54) is 4.90 Å². The van der Waals surface area contributed by atoms with Gasteiger partial charge in [-0.15, -0.1) is 0 Å². The fraction of sp³-hybridized carbons (Fsp3) is 0.571. The number of aliphatic hydroxyl groups is 1. The molecular weight excluding hydrogens is 230 g/mol. The van der Waals surface area contributed by atoms with E-state index in [4.69, 9.17) is 0 Å². The summed E-state index contributed by atoms with van der Waals surface area (Å²) >= 11 is 1.97. The maximum absolute atomic E-state index is 11.0. The highest BCUT2D eigenvalue weighted by atomic mass is 32.2. The Morgan fingerprint density at radius 3 is 2.71 bits per heavy atom. The molecule has 2 rings (SSSR count). The van der Waals surface area contributed by atoms with Gasteiger partial charge in [0, 0.05) is 5.75 Å². The first kappa shape index (κ1) is 12.9. The summed E-state index contributed by atoms with van der Waals surface area (Å²) in [7, 11) is 4.31. The molecule has 0 spiro atoms. The standard InChI is InChI=1S/C14H21NOS/c1-15(2)10-13-11-17-9-8-14(13,16)12-6-4-3-5-7-12/h3-7,13,16H,8-11H2,1-2H3/p+1/t13-,14-/m0/s1. The van der Waals surface area contributed by atoms with Crippen molar-refractivity contribution in [2.45, 2.75) is 12.0 Å². The van der Waals surface area contributed by atoms with E-state index in [1.54, 1.807) is 0 Å². The third-order valence-corrected chi connectivity index (χ3v) is 4.68. The second kappa shape index (κ2) is 5.42. The minimum absolute atomic E-state index is 0.355. The smallest absolute Gasteiger partial charge is 0.0994 e. The van der Waals surface area contributed by atoms with Gasteiger partial charge in [0.25, 0.3) is 0 Å². The maximum Gasteiger partial charge on any atom is 0.0994 e. The van der Waals surface area contributed by atoms with Gasteiger partial charge in [0.1, 0.15) is 0 Å². The van der Waals surface area contributed by atoms with Crippen LogP contribution in [0.5, 0.6) is 0 Å². The van der Waals surface area contributed by atoms with Crippen molar-refractivity contribution in [2.24, 2.45) is 5.92 Å². The summed E-state index contributed by atoms with van der Waals surface area (Å²) in [4.78, 5) is 1.41. The summed E-state index contributed by atoms with van der Waals surface area (Å²) < 4.78 is 0. The zero-order chi connectivity index (χ0) is 12.3. The van der Waals surface area contributed by atoms with Crippen LogP contribution in [0.4, 0.5) is 0 Å². The number of nitrogens with one attached hydrogen (secondary N) is 1. The average molecular weight is 252 g/mol. The Labute approximate surface area is 108 Å². The van der Waals surface area contributed by atoms with E-state index in [2.05, 4.69) is 26.2 Å². The van der Waals surface area contributed by atoms with Crippen molar-refractivity contribution in [3.8, 4) is 0 Å². The number of hydrogen-bond acceptors (Lipinski definition) is 2. The molecule has 2 N–H and O–H groups in total. The first-order valence-electron chi connectivity index (χ1n) is 6.27. The Morgan fingerprint density at radius 1 is 1.35 bits per heavy atom. The van der Waals surface area contributed by atoms with Crippen LogP contribution in [0, 0.1) is 5.92 Å². The molecule has 1 aliphatic rings. The van der Waals surface area contributed by atoms with Crippen LogP contribution in [-0.4, -0.2) is 37.3 Å². The summed E-state index contributed by atoms with van der Waals surface area (Å²) in [5.74, 6) is 2.48. The van der Waals surface area contributed by atoms with Gasteiger partial charge in [-0.05, 0) is 17.7 Å². The third-order valence-electron chi connectivity index (χ3n) is 3.55. The molecule has 1 aromatic rings. The van der Waals surface area contributed by atoms with E-state index < -0.39 is 5.60 Å². The first-order valence-corrected chi connectivity index (χ1v) is 7.43. The van der Waals surface area contributed by atoms with E-state index in [0.717, 1.165) is 30.0 Å². The Hall–Kier alpha value is -0.510. The van der Waals surface area contributed by atoms with Gasteiger partial charge in [-0.1, -0.05) is 30.3 Å². The molecule has 0 bridgehead atoms. The van der Waals surface area contributed by atoms with Gasteiger partial charge in [-0.25, -0.2) is 0 Å². The van der Waals surface area contributed by atoms with Crippen LogP contribution in [0.25, 0.3) is 0 Å². The Morgan fingerprint density at radius 2 is 2.06 bits per heavy atom. The number of quaternary nitrogens is 1. The van der Waals surface area contributed by atoms with Crippen LogP contribution in [0.1, 0.15) is 12.0 Å². The predicted molar refractivity (Wildman–Crippen MR) is 73.4 cm³/mol. The minimum Gasteiger partial charge on any atom is -0.385 e. The molecule has 94 valence electrons. The van der Waals surface area contributed by atoms with Gasteiger partial charge < -0.3 is 10.0 Å². The number of rotatable bonds is 3. The van der Waals surface area contributed by atoms with Crippen molar-refractivity contribution in [3.05, 3.63) is 35.9 Å². The number of thioether (sulfide) groups is 1. The highest BCUT2D eigenvalue weighted by molar-refractivity contribution is 7.99. The van der Waals surface area contributed by atoms with Crippen LogP contribution < -0.4 is 4.90 Å². The molecule has 0 unspecified atom stereocenters. The maximum atomic E-state index is 11.0. The molecular formula is C14H22NOS+. The predicted octanol–water partition coefficient (Wildman–Crippen LogP) is 0.772. The topological polar surface area (TPSA) is 24.7 Å². The highest BCUT2D eigenvalue weighted by Crippen LogP contribution is 2.39. The first-order chi connectivity index (χ1) is 8.13. The van der Waals surface area contributed by atoms with Crippen molar-refractivity contribution < 1.29 is 10.0 Å². The van der Waals surface area contributed by atoms with Gasteiger partial charge in [-0.2, -0.15) is 11.8 Å². The van der Waals surface area contributed by atoms with Gasteiger partial charge in [0.15, 0.2) is 0 Å². The lowest BCUT2D eigenvalue weighted by Crippen LogP contribution is -3.07. The molecule has 2 nitrogen and oxygen atoms in total. The minimum atomic E-state index is -0.621. The van der Waals surface area contributed by atoms with E-state index in [-0.39, 0.29) is 0 Å². The molecule has 0 aromatic heterocycles. The fourth-order valence-corrected chi connectivity index (χ4v) is 3.92. The number of hydrogen-bond donors (Lipinski definition) is 2. The lowest BCUT2D eigenvalue weighted by molar-refractivity contribution is -0.863. The van der Waals surface area contributed by atoms with Crippen LogP contribution in [0.3, 0.4) is 0 Å². The quantitative estimate of drug-likeness (QED) is 0.831. The lowest BCUT2D eigenvalue weighted by Gasteiger charge is -2.40. The molecule has 0 saturated carbocycles. The van der Waals surface area contributed by atoms with Gasteiger partial charge in [0.2, 0.25) is 0 Å². The second-order valence-electron chi connectivity index (χ2n) is 5.22. The van der Waals surface area contributed by atoms with E-state index in [0.29, 0.717) is 5.92 Å². The van der Waals surface area contributed by atoms with Crippen LogP contribution >= 0.6 is 11.8 Å². The molecule has 2 atom stereocenters. The third kappa shape index (κ3) is 2.84. The monoisotopic (exact) mass is 252 g/mol. The van der Waals surface area contributed by atoms with Gasteiger partial charge in [0.05, 0.1) is 32.2 Å². The zero-order valence-electron chi connectivity index (χ0n) is 10.6. The normalized spacial score (nSPS) is 29.5. The SMILES string of the molecule is C[NH+](C)C[C@H]1CSCC[C@]1(O)c1ccccc1. The molecule has 1 aromatic carbocycles. The lowest BCUT2D eigenvalue weighted by atomic mass is 9.79. The molecule has 0 amide bonds. The molecule has 0 aliphatic carbocycles. The van der Waals surface area contributed by atoms with Gasteiger partial charge >= 0.3 is 0 Å². The van der Waals surface area contributed by atoms with Crippen LogP contribution in [0.2, 0.25) is 0 Å². The molecule has 1 saturated heterocycles. The molecule has 17 heavy (non-hydrogen) atoms. The number of benzene rings is 1. The van der Waals surface area contributed by atoms with Crippen molar-refractivity contribution >= 4 is 11.8 Å². The fourth-order valence-electron chi connectivity index (χ4n) is 2.62. The van der Waals surface area contributed by atoms with Crippen molar-refractivity contribution in [1.29, 1.82) is 0 Å². The largest absolute Gasteiger partial charge is 0.385 e. The molecule has 3 heteroatoms. The average Bonchev–Trinajstić information content (AvgIpc) is 2.33. The zero-order valence-corrected chi connectivity index (χ0v) is 11.5. The highest BCUT2D eigenvalue weighted by Gasteiger charge is 2.41. The summed E-state index contributed by atoms with van der Waals surface area (Å²) in [5.41, 5.74) is 0.468.